The Morgan fingerprint density at radius 2 is 2.00 bits per heavy atom. The van der Waals surface area contributed by atoms with Crippen molar-refractivity contribution in [3.8, 4) is 5.69 Å². The Bertz CT molecular complexity index is 934. The Morgan fingerprint density at radius 1 is 1.19 bits per heavy atom. The fourth-order valence-corrected chi connectivity index (χ4v) is 3.39. The zero-order chi connectivity index (χ0) is 18.1. The number of benzene rings is 1. The number of pyridine rings is 1. The van der Waals surface area contributed by atoms with Gasteiger partial charge in [-0.25, -0.2) is 9.07 Å². The van der Waals surface area contributed by atoms with Crippen LogP contribution in [0.4, 0.5) is 4.39 Å². The highest BCUT2D eigenvalue weighted by Crippen LogP contribution is 2.28. The molecule has 1 aliphatic carbocycles. The predicted octanol–water partition coefficient (Wildman–Crippen LogP) is 3.39. The van der Waals surface area contributed by atoms with E-state index in [0.717, 1.165) is 41.9 Å². The molecule has 2 heterocycles. The van der Waals surface area contributed by atoms with Gasteiger partial charge < -0.3 is 5.32 Å². The van der Waals surface area contributed by atoms with Crippen molar-refractivity contribution < 1.29 is 9.18 Å². The summed E-state index contributed by atoms with van der Waals surface area (Å²) in [5, 5.41) is 7.52. The molecule has 2 aromatic heterocycles. The van der Waals surface area contributed by atoms with Crippen LogP contribution in [-0.2, 0) is 12.8 Å². The highest BCUT2D eigenvalue weighted by molar-refractivity contribution is 5.94. The number of halogens is 1. The molecule has 0 spiro atoms. The summed E-state index contributed by atoms with van der Waals surface area (Å²) in [6, 6.07) is 11.6. The summed E-state index contributed by atoms with van der Waals surface area (Å²) >= 11 is 0. The third kappa shape index (κ3) is 2.98. The third-order valence-electron chi connectivity index (χ3n) is 4.70. The van der Waals surface area contributed by atoms with Crippen molar-refractivity contribution >= 4 is 5.91 Å². The molecule has 5 nitrogen and oxygen atoms in total. The standard InChI is InChI=1S/C20H19FN4O/c1-13(17-6-2-3-12-22-17)23-20(26)19-16-5-4-7-18(16)25(24-19)15-10-8-14(21)9-11-15/h2-3,6,8-13H,4-5,7H2,1H3,(H,23,26). The Kier molecular flexibility index (Phi) is 4.24. The molecule has 26 heavy (non-hydrogen) atoms. The third-order valence-corrected chi connectivity index (χ3v) is 4.70. The number of rotatable bonds is 4. The van der Waals surface area contributed by atoms with Crippen molar-refractivity contribution in [2.24, 2.45) is 0 Å². The number of carbonyl (C=O) groups is 1. The van der Waals surface area contributed by atoms with Crippen LogP contribution in [0.5, 0.6) is 0 Å². The van der Waals surface area contributed by atoms with Crippen molar-refractivity contribution in [2.75, 3.05) is 0 Å². The fraction of sp³-hybridized carbons (Fsp3) is 0.250. The van der Waals surface area contributed by atoms with E-state index in [0.29, 0.717) is 5.69 Å². The summed E-state index contributed by atoms with van der Waals surface area (Å²) in [5.41, 5.74) is 4.04. The number of nitrogens with one attached hydrogen (secondary N) is 1. The summed E-state index contributed by atoms with van der Waals surface area (Å²) in [4.78, 5) is 17.1. The molecule has 1 unspecified atom stereocenters. The second kappa shape index (κ2) is 6.71. The second-order valence-corrected chi connectivity index (χ2v) is 6.47. The van der Waals surface area contributed by atoms with E-state index in [4.69, 9.17) is 0 Å². The van der Waals surface area contributed by atoms with Crippen LogP contribution in [0.25, 0.3) is 5.69 Å². The number of aromatic nitrogens is 3. The van der Waals surface area contributed by atoms with Crippen molar-refractivity contribution in [3.05, 3.63) is 77.1 Å². The van der Waals surface area contributed by atoms with Gasteiger partial charge in [0, 0.05) is 17.5 Å². The number of fused-ring (bicyclic) bond motifs is 1. The number of amides is 1. The lowest BCUT2D eigenvalue weighted by Gasteiger charge is -2.12. The minimum atomic E-state index is -0.292. The Labute approximate surface area is 150 Å². The normalized spacial score (nSPS) is 14.1. The number of nitrogens with zero attached hydrogens (tertiary/aromatic N) is 3. The summed E-state index contributed by atoms with van der Waals surface area (Å²) < 4.78 is 15.0. The van der Waals surface area contributed by atoms with Crippen LogP contribution in [0.3, 0.4) is 0 Å². The van der Waals surface area contributed by atoms with Crippen LogP contribution in [0.15, 0.2) is 48.7 Å². The molecule has 1 aromatic carbocycles. The molecule has 1 amide bonds. The first kappa shape index (κ1) is 16.4. The minimum Gasteiger partial charge on any atom is -0.343 e. The van der Waals surface area contributed by atoms with Gasteiger partial charge in [-0.2, -0.15) is 5.10 Å². The monoisotopic (exact) mass is 350 g/mol. The average Bonchev–Trinajstić information content (AvgIpc) is 3.26. The number of carbonyl (C=O) groups excluding carboxylic acids is 1. The maximum absolute atomic E-state index is 13.2. The molecular weight excluding hydrogens is 331 g/mol. The molecule has 0 saturated carbocycles. The molecule has 132 valence electrons. The van der Waals surface area contributed by atoms with Gasteiger partial charge in [-0.15, -0.1) is 0 Å². The molecule has 1 atom stereocenters. The maximum Gasteiger partial charge on any atom is 0.272 e. The van der Waals surface area contributed by atoms with E-state index in [1.54, 1.807) is 23.0 Å². The van der Waals surface area contributed by atoms with Crippen LogP contribution < -0.4 is 5.32 Å². The molecule has 1 N–H and O–H groups in total. The largest absolute Gasteiger partial charge is 0.343 e. The van der Waals surface area contributed by atoms with Crippen LogP contribution in [0.1, 0.15) is 46.8 Å². The predicted molar refractivity (Wildman–Crippen MR) is 95.7 cm³/mol. The van der Waals surface area contributed by atoms with E-state index in [1.807, 2.05) is 25.1 Å². The topological polar surface area (TPSA) is 59.8 Å². The molecule has 0 radical (unpaired) electrons. The van der Waals surface area contributed by atoms with Crippen LogP contribution in [0, 0.1) is 5.82 Å². The summed E-state index contributed by atoms with van der Waals surface area (Å²) in [6.45, 7) is 1.90. The smallest absolute Gasteiger partial charge is 0.272 e. The SMILES string of the molecule is CC(NC(=O)c1nn(-c2ccc(F)cc2)c2c1CCC2)c1ccccn1. The van der Waals surface area contributed by atoms with Gasteiger partial charge in [-0.05, 0) is 62.6 Å². The van der Waals surface area contributed by atoms with Gasteiger partial charge in [-0.1, -0.05) is 6.07 Å². The molecule has 0 aliphatic heterocycles. The van der Waals surface area contributed by atoms with Crippen molar-refractivity contribution in [2.45, 2.75) is 32.2 Å². The van der Waals surface area contributed by atoms with Gasteiger partial charge in [0.1, 0.15) is 5.82 Å². The van der Waals surface area contributed by atoms with Gasteiger partial charge in [0.25, 0.3) is 5.91 Å². The fourth-order valence-electron chi connectivity index (χ4n) is 3.39. The molecule has 4 rings (SSSR count). The first-order chi connectivity index (χ1) is 12.6. The number of hydrogen-bond acceptors (Lipinski definition) is 3. The first-order valence-corrected chi connectivity index (χ1v) is 8.72. The van der Waals surface area contributed by atoms with Gasteiger partial charge in [0.2, 0.25) is 0 Å². The molecule has 0 bridgehead atoms. The van der Waals surface area contributed by atoms with Crippen LogP contribution in [0.2, 0.25) is 0 Å². The molecule has 1 aliphatic rings. The van der Waals surface area contributed by atoms with Gasteiger partial charge in [0.05, 0.1) is 17.4 Å². The molecule has 0 fully saturated rings. The first-order valence-electron chi connectivity index (χ1n) is 8.72. The average molecular weight is 350 g/mol. The Hall–Kier alpha value is -3.02. The van der Waals surface area contributed by atoms with E-state index in [1.165, 1.54) is 12.1 Å². The second-order valence-electron chi connectivity index (χ2n) is 6.47. The van der Waals surface area contributed by atoms with E-state index < -0.39 is 0 Å². The maximum atomic E-state index is 13.2. The zero-order valence-electron chi connectivity index (χ0n) is 14.4. The lowest BCUT2D eigenvalue weighted by Crippen LogP contribution is -2.28. The van der Waals surface area contributed by atoms with Crippen molar-refractivity contribution in [1.82, 2.24) is 20.1 Å². The van der Waals surface area contributed by atoms with Gasteiger partial charge in [-0.3, -0.25) is 9.78 Å². The van der Waals surface area contributed by atoms with E-state index in [-0.39, 0.29) is 17.8 Å². The molecule has 0 saturated heterocycles. The Balaban J connectivity index is 1.64. The highest BCUT2D eigenvalue weighted by Gasteiger charge is 2.27. The van der Waals surface area contributed by atoms with Gasteiger partial charge >= 0.3 is 0 Å². The van der Waals surface area contributed by atoms with E-state index in [9.17, 15) is 9.18 Å². The lowest BCUT2D eigenvalue weighted by molar-refractivity contribution is 0.0932. The van der Waals surface area contributed by atoms with E-state index in [2.05, 4.69) is 15.4 Å². The minimum absolute atomic E-state index is 0.206. The molecule has 3 aromatic rings. The van der Waals surface area contributed by atoms with Crippen LogP contribution in [-0.4, -0.2) is 20.7 Å². The van der Waals surface area contributed by atoms with Crippen LogP contribution >= 0.6 is 0 Å². The van der Waals surface area contributed by atoms with E-state index >= 15 is 0 Å². The van der Waals surface area contributed by atoms with Gasteiger partial charge in [0.15, 0.2) is 5.69 Å². The summed E-state index contributed by atoms with van der Waals surface area (Å²) in [7, 11) is 0. The van der Waals surface area contributed by atoms with Crippen molar-refractivity contribution in [1.29, 1.82) is 0 Å². The lowest BCUT2D eigenvalue weighted by atomic mass is 10.1. The Morgan fingerprint density at radius 3 is 2.73 bits per heavy atom. The zero-order valence-corrected chi connectivity index (χ0v) is 14.4. The summed E-state index contributed by atoms with van der Waals surface area (Å²) in [5.74, 6) is -0.498. The quantitative estimate of drug-likeness (QED) is 0.785. The summed E-state index contributed by atoms with van der Waals surface area (Å²) in [6.07, 6.45) is 4.39. The molecular formula is C20H19FN4O. The van der Waals surface area contributed by atoms with Crippen molar-refractivity contribution in [3.63, 3.8) is 0 Å². The highest BCUT2D eigenvalue weighted by atomic mass is 19.1. The molecule has 6 heteroatoms. The number of hydrogen-bond donors (Lipinski definition) is 1.